The minimum absolute atomic E-state index is 0.00731. The van der Waals surface area contributed by atoms with Gasteiger partial charge in [-0.05, 0) is 6.07 Å². The van der Waals surface area contributed by atoms with Gasteiger partial charge in [-0.2, -0.15) is 0 Å². The molecule has 0 aromatic carbocycles. The number of carbonyl (C=O) groups excluding carboxylic acids is 1. The maximum Gasteiger partial charge on any atom is 0.356 e. The van der Waals surface area contributed by atoms with Crippen LogP contribution in [0.1, 0.15) is 20.8 Å². The summed E-state index contributed by atoms with van der Waals surface area (Å²) in [6, 6.07) is 1.27. The molecule has 0 aliphatic heterocycles. The molecule has 0 spiro atoms. The Balaban J connectivity index is 3.20. The number of pyridine rings is 1. The Morgan fingerprint density at radius 1 is 1.67 bits per heavy atom. The lowest BCUT2D eigenvalue weighted by Gasteiger charge is -1.98. The Hall–Kier alpha value is -1.91. The standard InChI is InChI=1S/C7H6N2O3/c8-5-1-4(3-10)2-9-6(5)7(11)12/h1-3H,8H2,(H,11,12). The van der Waals surface area contributed by atoms with Crippen LogP contribution in [-0.4, -0.2) is 22.3 Å². The first-order chi connectivity index (χ1) is 5.65. The van der Waals surface area contributed by atoms with Crippen molar-refractivity contribution in [3.8, 4) is 0 Å². The van der Waals surface area contributed by atoms with Gasteiger partial charge in [-0.15, -0.1) is 0 Å². The van der Waals surface area contributed by atoms with Crippen molar-refractivity contribution < 1.29 is 14.7 Å². The molecule has 3 N–H and O–H groups in total. The van der Waals surface area contributed by atoms with Crippen molar-refractivity contribution >= 4 is 17.9 Å². The van der Waals surface area contributed by atoms with Crippen LogP contribution < -0.4 is 5.73 Å². The lowest BCUT2D eigenvalue weighted by atomic mass is 10.2. The number of anilines is 1. The van der Waals surface area contributed by atoms with Gasteiger partial charge in [-0.3, -0.25) is 4.79 Å². The van der Waals surface area contributed by atoms with Gasteiger partial charge in [0.1, 0.15) is 0 Å². The fourth-order valence-corrected chi connectivity index (χ4v) is 0.742. The van der Waals surface area contributed by atoms with Crippen LogP contribution in [0.25, 0.3) is 0 Å². The minimum Gasteiger partial charge on any atom is -0.476 e. The second-order valence-electron chi connectivity index (χ2n) is 2.13. The first-order valence-corrected chi connectivity index (χ1v) is 3.09. The first-order valence-electron chi connectivity index (χ1n) is 3.09. The quantitative estimate of drug-likeness (QED) is 0.611. The van der Waals surface area contributed by atoms with Crippen LogP contribution in [0.5, 0.6) is 0 Å². The highest BCUT2D eigenvalue weighted by atomic mass is 16.4. The van der Waals surface area contributed by atoms with Gasteiger partial charge < -0.3 is 10.8 Å². The van der Waals surface area contributed by atoms with Crippen LogP contribution in [0, 0.1) is 0 Å². The molecule has 0 saturated heterocycles. The zero-order chi connectivity index (χ0) is 9.14. The van der Waals surface area contributed by atoms with Crippen molar-refractivity contribution in [1.82, 2.24) is 4.98 Å². The smallest absolute Gasteiger partial charge is 0.356 e. The Morgan fingerprint density at radius 3 is 2.75 bits per heavy atom. The van der Waals surface area contributed by atoms with Gasteiger partial charge in [0.05, 0.1) is 5.69 Å². The number of rotatable bonds is 2. The summed E-state index contributed by atoms with van der Waals surface area (Å²) in [7, 11) is 0. The molecule has 0 unspecified atom stereocenters. The van der Waals surface area contributed by atoms with Crippen molar-refractivity contribution in [2.45, 2.75) is 0 Å². The number of aromatic nitrogens is 1. The van der Waals surface area contributed by atoms with E-state index in [1.54, 1.807) is 0 Å². The summed E-state index contributed by atoms with van der Waals surface area (Å²) in [5.41, 5.74) is 5.31. The molecule has 1 rings (SSSR count). The molecule has 5 heteroatoms. The van der Waals surface area contributed by atoms with E-state index in [9.17, 15) is 9.59 Å². The van der Waals surface area contributed by atoms with Crippen molar-refractivity contribution in [1.29, 1.82) is 0 Å². The largest absolute Gasteiger partial charge is 0.476 e. The lowest BCUT2D eigenvalue weighted by Crippen LogP contribution is -2.05. The van der Waals surface area contributed by atoms with Crippen molar-refractivity contribution in [2.75, 3.05) is 5.73 Å². The highest BCUT2D eigenvalue weighted by Gasteiger charge is 2.08. The van der Waals surface area contributed by atoms with E-state index >= 15 is 0 Å². The van der Waals surface area contributed by atoms with Gasteiger partial charge in [0.15, 0.2) is 12.0 Å². The topological polar surface area (TPSA) is 93.3 Å². The van der Waals surface area contributed by atoms with Crippen LogP contribution in [0.4, 0.5) is 5.69 Å². The number of nitrogens with zero attached hydrogens (tertiary/aromatic N) is 1. The number of hydrogen-bond donors (Lipinski definition) is 2. The van der Waals surface area contributed by atoms with Crippen molar-refractivity contribution in [3.63, 3.8) is 0 Å². The maximum absolute atomic E-state index is 10.4. The van der Waals surface area contributed by atoms with Gasteiger partial charge >= 0.3 is 5.97 Å². The molecule has 62 valence electrons. The number of carboxylic acids is 1. The Kier molecular flexibility index (Phi) is 2.05. The molecule has 12 heavy (non-hydrogen) atoms. The highest BCUT2D eigenvalue weighted by molar-refractivity contribution is 5.92. The summed E-state index contributed by atoms with van der Waals surface area (Å²) in [5, 5.41) is 8.50. The summed E-state index contributed by atoms with van der Waals surface area (Å²) >= 11 is 0. The van der Waals surface area contributed by atoms with Gasteiger partial charge in [-0.1, -0.05) is 0 Å². The van der Waals surface area contributed by atoms with E-state index in [4.69, 9.17) is 10.8 Å². The van der Waals surface area contributed by atoms with E-state index in [1.165, 1.54) is 6.07 Å². The molecule has 1 heterocycles. The number of aldehydes is 1. The number of nitrogens with two attached hydrogens (primary N) is 1. The molecule has 1 aromatic rings. The van der Waals surface area contributed by atoms with E-state index in [-0.39, 0.29) is 16.9 Å². The molecule has 0 aliphatic carbocycles. The fraction of sp³-hybridized carbons (Fsp3) is 0. The van der Waals surface area contributed by atoms with E-state index in [0.29, 0.717) is 6.29 Å². The Bertz CT molecular complexity index is 335. The zero-order valence-corrected chi connectivity index (χ0v) is 6.02. The van der Waals surface area contributed by atoms with Crippen LogP contribution in [-0.2, 0) is 0 Å². The predicted molar refractivity (Wildman–Crippen MR) is 41.0 cm³/mol. The third kappa shape index (κ3) is 1.39. The molecule has 0 atom stereocenters. The molecule has 5 nitrogen and oxygen atoms in total. The number of carboxylic acid groups (broad SMARTS) is 1. The minimum atomic E-state index is -1.20. The van der Waals surface area contributed by atoms with E-state index in [1.807, 2.05) is 0 Å². The molecule has 0 radical (unpaired) electrons. The second kappa shape index (κ2) is 3.00. The molecule has 0 fully saturated rings. The summed E-state index contributed by atoms with van der Waals surface area (Å²) in [5.74, 6) is -1.20. The Labute approximate surface area is 67.8 Å². The van der Waals surface area contributed by atoms with Crippen molar-refractivity contribution in [3.05, 3.63) is 23.5 Å². The summed E-state index contributed by atoms with van der Waals surface area (Å²) in [6.07, 6.45) is 1.71. The SMILES string of the molecule is Nc1cc(C=O)cnc1C(=O)O. The number of hydrogen-bond acceptors (Lipinski definition) is 4. The van der Waals surface area contributed by atoms with Gasteiger partial charge in [0.2, 0.25) is 0 Å². The highest BCUT2D eigenvalue weighted by Crippen LogP contribution is 2.09. The molecule has 0 saturated carbocycles. The molecular weight excluding hydrogens is 160 g/mol. The van der Waals surface area contributed by atoms with Crippen molar-refractivity contribution in [2.24, 2.45) is 0 Å². The number of aromatic carboxylic acids is 1. The van der Waals surface area contributed by atoms with Crippen LogP contribution >= 0.6 is 0 Å². The van der Waals surface area contributed by atoms with E-state index < -0.39 is 5.97 Å². The summed E-state index contributed by atoms with van der Waals surface area (Å²) in [6.45, 7) is 0. The van der Waals surface area contributed by atoms with Gasteiger partial charge in [0.25, 0.3) is 0 Å². The van der Waals surface area contributed by atoms with E-state index in [0.717, 1.165) is 6.20 Å². The number of carbonyl (C=O) groups is 2. The third-order valence-electron chi connectivity index (χ3n) is 1.28. The first kappa shape index (κ1) is 8.19. The van der Waals surface area contributed by atoms with Crippen LogP contribution in [0.3, 0.4) is 0 Å². The second-order valence-corrected chi connectivity index (χ2v) is 2.13. The zero-order valence-electron chi connectivity index (χ0n) is 6.02. The third-order valence-corrected chi connectivity index (χ3v) is 1.28. The summed E-state index contributed by atoms with van der Waals surface area (Å²) in [4.78, 5) is 24.1. The monoisotopic (exact) mass is 166 g/mol. The number of nitrogen functional groups attached to an aromatic ring is 1. The molecular formula is C7H6N2O3. The van der Waals surface area contributed by atoms with E-state index in [2.05, 4.69) is 4.98 Å². The molecule has 0 bridgehead atoms. The molecule has 0 amide bonds. The summed E-state index contributed by atoms with van der Waals surface area (Å²) < 4.78 is 0. The Morgan fingerprint density at radius 2 is 2.33 bits per heavy atom. The predicted octanol–water partition coefficient (Wildman–Crippen LogP) is 0.175. The van der Waals surface area contributed by atoms with Crippen LogP contribution in [0.15, 0.2) is 12.3 Å². The average Bonchev–Trinajstić information content (AvgIpc) is 2.03. The molecule has 1 aromatic heterocycles. The normalized spacial score (nSPS) is 9.33. The fourth-order valence-electron chi connectivity index (χ4n) is 0.742. The van der Waals surface area contributed by atoms with Gasteiger partial charge in [-0.25, -0.2) is 9.78 Å². The average molecular weight is 166 g/mol. The molecule has 0 aliphatic rings. The van der Waals surface area contributed by atoms with Crippen LogP contribution in [0.2, 0.25) is 0 Å². The maximum atomic E-state index is 10.4. The van der Waals surface area contributed by atoms with Gasteiger partial charge in [0, 0.05) is 11.8 Å². The lowest BCUT2D eigenvalue weighted by molar-refractivity contribution is 0.0691.